The Morgan fingerprint density at radius 1 is 1.04 bits per heavy atom. The summed E-state index contributed by atoms with van der Waals surface area (Å²) in [6, 6.07) is 6.91. The lowest BCUT2D eigenvalue weighted by Gasteiger charge is -2.12. The molecule has 0 saturated heterocycles. The van der Waals surface area contributed by atoms with Crippen LogP contribution in [0.25, 0.3) is 11.4 Å². The summed E-state index contributed by atoms with van der Waals surface area (Å²) >= 11 is 0. The summed E-state index contributed by atoms with van der Waals surface area (Å²) in [5.41, 5.74) is -2.00. The van der Waals surface area contributed by atoms with Gasteiger partial charge in [-0.1, -0.05) is 6.07 Å². The smallest absolute Gasteiger partial charge is 0.359 e. The summed E-state index contributed by atoms with van der Waals surface area (Å²) < 4.78 is 91.6. The van der Waals surface area contributed by atoms with Crippen molar-refractivity contribution in [1.29, 1.82) is 0 Å². The Morgan fingerprint density at radius 3 is 2.41 bits per heavy atom. The maximum Gasteiger partial charge on any atom is 0.419 e. The molecule has 0 fully saturated rings. The Kier molecular flexibility index (Phi) is 4.64. The molecule has 0 radical (unpaired) electrons. The molecule has 11 heteroatoms. The summed E-state index contributed by atoms with van der Waals surface area (Å²) in [4.78, 5) is 6.36. The molecule has 0 aliphatic rings. The normalized spacial score (nSPS) is 12.2. The number of hydrogen-bond acceptors (Lipinski definition) is 3. The minimum Gasteiger partial charge on any atom is -0.359 e. The van der Waals surface area contributed by atoms with Gasteiger partial charge in [-0.3, -0.25) is 9.71 Å². The van der Waals surface area contributed by atoms with Crippen LogP contribution in [0.1, 0.15) is 5.56 Å². The molecule has 0 spiro atoms. The SMILES string of the molecule is O=S(=O)(Nc1ccc(C(F)(F)F)c(F)c1F)c1c[nH]c(-c2ccccn2)c1. The molecule has 0 unspecified atom stereocenters. The molecule has 3 aromatic rings. The molecular weight excluding hydrogens is 393 g/mol. The van der Waals surface area contributed by atoms with E-state index in [2.05, 4.69) is 9.97 Å². The zero-order chi connectivity index (χ0) is 19.8. The van der Waals surface area contributed by atoms with Gasteiger partial charge in [0.1, 0.15) is 4.90 Å². The van der Waals surface area contributed by atoms with E-state index in [1.807, 2.05) is 0 Å². The highest BCUT2D eigenvalue weighted by Gasteiger charge is 2.36. The Bertz CT molecular complexity index is 1080. The van der Waals surface area contributed by atoms with Crippen molar-refractivity contribution >= 4 is 15.7 Å². The number of halogens is 5. The monoisotopic (exact) mass is 403 g/mol. The van der Waals surface area contributed by atoms with Crippen molar-refractivity contribution in [2.24, 2.45) is 0 Å². The third-order valence-electron chi connectivity index (χ3n) is 3.54. The van der Waals surface area contributed by atoms with Crippen molar-refractivity contribution in [2.75, 3.05) is 4.72 Å². The number of sulfonamides is 1. The summed E-state index contributed by atoms with van der Waals surface area (Å²) in [5, 5.41) is 0. The van der Waals surface area contributed by atoms with Crippen molar-refractivity contribution in [1.82, 2.24) is 9.97 Å². The lowest BCUT2D eigenvalue weighted by Crippen LogP contribution is -2.16. The van der Waals surface area contributed by atoms with E-state index in [-0.39, 0.29) is 11.0 Å². The van der Waals surface area contributed by atoms with Crippen LogP contribution in [-0.2, 0) is 16.2 Å². The molecule has 27 heavy (non-hydrogen) atoms. The molecule has 3 rings (SSSR count). The van der Waals surface area contributed by atoms with Crippen LogP contribution in [0, 0.1) is 11.6 Å². The second kappa shape index (κ2) is 6.65. The molecule has 5 nitrogen and oxygen atoms in total. The highest BCUT2D eigenvalue weighted by atomic mass is 32.2. The molecule has 0 aliphatic heterocycles. The summed E-state index contributed by atoms with van der Waals surface area (Å²) in [6.45, 7) is 0. The van der Waals surface area contributed by atoms with Crippen LogP contribution in [-0.4, -0.2) is 18.4 Å². The highest BCUT2D eigenvalue weighted by Crippen LogP contribution is 2.34. The Labute approximate surface area is 149 Å². The number of anilines is 1. The first kappa shape index (κ1) is 18.8. The molecule has 0 amide bonds. The minimum absolute atomic E-state index is 0.257. The predicted molar refractivity (Wildman–Crippen MR) is 86.2 cm³/mol. The summed E-state index contributed by atoms with van der Waals surface area (Å²) in [5.74, 6) is -4.14. The first-order chi connectivity index (χ1) is 12.6. The highest BCUT2D eigenvalue weighted by molar-refractivity contribution is 7.92. The number of rotatable bonds is 4. The lowest BCUT2D eigenvalue weighted by atomic mass is 10.2. The van der Waals surface area contributed by atoms with E-state index in [4.69, 9.17) is 0 Å². The zero-order valence-corrected chi connectivity index (χ0v) is 14.0. The number of aromatic amines is 1. The van der Waals surface area contributed by atoms with E-state index in [0.717, 1.165) is 6.20 Å². The molecule has 142 valence electrons. The van der Waals surface area contributed by atoms with Gasteiger partial charge in [0, 0.05) is 12.4 Å². The number of alkyl halides is 3. The molecule has 2 heterocycles. The van der Waals surface area contributed by atoms with E-state index >= 15 is 0 Å². The standard InChI is InChI=1S/C16H10F5N3O2S/c17-14-10(16(19,20)21)4-5-12(15(14)18)24-27(25,26)9-7-13(23-8-9)11-3-1-2-6-22-11/h1-8,23-24H. The van der Waals surface area contributed by atoms with E-state index < -0.39 is 39.1 Å². The third kappa shape index (κ3) is 3.77. The predicted octanol–water partition coefficient (Wildman–Crippen LogP) is 4.17. The van der Waals surface area contributed by atoms with Crippen LogP contribution in [0.2, 0.25) is 0 Å². The topological polar surface area (TPSA) is 74.8 Å². The van der Waals surface area contributed by atoms with E-state index in [1.54, 1.807) is 22.9 Å². The molecular formula is C16H10F5N3O2S. The van der Waals surface area contributed by atoms with Crippen molar-refractivity contribution in [3.05, 3.63) is 66.0 Å². The van der Waals surface area contributed by atoms with Gasteiger partial charge < -0.3 is 4.98 Å². The van der Waals surface area contributed by atoms with Crippen molar-refractivity contribution in [3.8, 4) is 11.4 Å². The van der Waals surface area contributed by atoms with Crippen LogP contribution < -0.4 is 4.72 Å². The number of nitrogens with zero attached hydrogens (tertiary/aromatic N) is 1. The van der Waals surface area contributed by atoms with Crippen LogP contribution in [0.3, 0.4) is 0 Å². The fraction of sp³-hybridized carbons (Fsp3) is 0.0625. The van der Waals surface area contributed by atoms with E-state index in [1.165, 1.54) is 12.3 Å². The lowest BCUT2D eigenvalue weighted by molar-refractivity contribution is -0.140. The molecule has 1 aromatic carbocycles. The van der Waals surface area contributed by atoms with Crippen LogP contribution in [0.15, 0.2) is 53.7 Å². The minimum atomic E-state index is -5.11. The second-order valence-electron chi connectivity index (χ2n) is 5.36. The van der Waals surface area contributed by atoms with Gasteiger partial charge in [0.25, 0.3) is 10.0 Å². The Morgan fingerprint density at radius 2 is 1.78 bits per heavy atom. The molecule has 0 atom stereocenters. The number of benzene rings is 1. The molecule has 2 aromatic heterocycles. The fourth-order valence-corrected chi connectivity index (χ4v) is 3.30. The number of pyridine rings is 1. The largest absolute Gasteiger partial charge is 0.419 e. The van der Waals surface area contributed by atoms with Gasteiger partial charge in [-0.15, -0.1) is 0 Å². The number of hydrogen-bond donors (Lipinski definition) is 2. The molecule has 0 aliphatic carbocycles. The maximum absolute atomic E-state index is 13.9. The quantitative estimate of drug-likeness (QED) is 0.642. The van der Waals surface area contributed by atoms with Gasteiger partial charge >= 0.3 is 6.18 Å². The number of H-pyrrole nitrogens is 1. The second-order valence-corrected chi connectivity index (χ2v) is 7.04. The first-order valence-electron chi connectivity index (χ1n) is 7.27. The van der Waals surface area contributed by atoms with Gasteiger partial charge in [-0.05, 0) is 30.3 Å². The average Bonchev–Trinajstić information content (AvgIpc) is 3.10. The first-order valence-corrected chi connectivity index (χ1v) is 8.76. The number of nitrogens with one attached hydrogen (secondary N) is 2. The molecule has 0 bridgehead atoms. The van der Waals surface area contributed by atoms with Crippen molar-refractivity contribution in [2.45, 2.75) is 11.1 Å². The van der Waals surface area contributed by atoms with Crippen LogP contribution in [0.5, 0.6) is 0 Å². The third-order valence-corrected chi connectivity index (χ3v) is 4.88. The van der Waals surface area contributed by atoms with Gasteiger partial charge in [0.2, 0.25) is 0 Å². The average molecular weight is 403 g/mol. The summed E-state index contributed by atoms with van der Waals surface area (Å²) in [7, 11) is -4.39. The van der Waals surface area contributed by atoms with Gasteiger partial charge in [-0.25, -0.2) is 17.2 Å². The maximum atomic E-state index is 13.9. The van der Waals surface area contributed by atoms with Crippen molar-refractivity contribution in [3.63, 3.8) is 0 Å². The number of aromatic nitrogens is 2. The van der Waals surface area contributed by atoms with Gasteiger partial charge in [0.05, 0.1) is 22.6 Å². The zero-order valence-electron chi connectivity index (χ0n) is 13.2. The van der Waals surface area contributed by atoms with E-state index in [9.17, 15) is 30.4 Å². The van der Waals surface area contributed by atoms with Gasteiger partial charge in [-0.2, -0.15) is 13.2 Å². The van der Waals surface area contributed by atoms with Gasteiger partial charge in [0.15, 0.2) is 11.6 Å². The Balaban J connectivity index is 1.92. The van der Waals surface area contributed by atoms with Crippen LogP contribution >= 0.6 is 0 Å². The Hall–Kier alpha value is -2.95. The summed E-state index contributed by atoms with van der Waals surface area (Å²) in [6.07, 6.45) is -2.53. The van der Waals surface area contributed by atoms with Crippen LogP contribution in [0.4, 0.5) is 27.6 Å². The molecule has 2 N–H and O–H groups in total. The van der Waals surface area contributed by atoms with Crippen molar-refractivity contribution < 1.29 is 30.4 Å². The fourth-order valence-electron chi connectivity index (χ4n) is 2.25. The molecule has 0 saturated carbocycles. The van der Waals surface area contributed by atoms with E-state index in [0.29, 0.717) is 17.5 Å².